The van der Waals surface area contributed by atoms with Crippen LogP contribution in [0, 0.1) is 13.8 Å². The molecular formula is C17H21N3O. The molecule has 0 radical (unpaired) electrons. The average molecular weight is 283 g/mol. The molecule has 3 rings (SSSR count). The van der Waals surface area contributed by atoms with Crippen LogP contribution in [0.4, 0.5) is 5.69 Å². The van der Waals surface area contributed by atoms with Crippen molar-refractivity contribution in [1.82, 2.24) is 9.88 Å². The van der Waals surface area contributed by atoms with Crippen LogP contribution >= 0.6 is 0 Å². The zero-order valence-corrected chi connectivity index (χ0v) is 12.7. The normalized spacial score (nSPS) is 17.6. The first-order valence-electron chi connectivity index (χ1n) is 7.44. The number of fused-ring (bicyclic) bond motifs is 1. The van der Waals surface area contributed by atoms with Crippen LogP contribution in [0.25, 0.3) is 0 Å². The quantitative estimate of drug-likeness (QED) is 0.904. The first-order valence-corrected chi connectivity index (χ1v) is 7.44. The van der Waals surface area contributed by atoms with Gasteiger partial charge in [0.05, 0.1) is 5.56 Å². The highest BCUT2D eigenvalue weighted by Gasteiger charge is 2.33. The first-order chi connectivity index (χ1) is 10.1. The number of carbonyl (C=O) groups excluding carboxylic acids is 1. The number of H-pyrrole nitrogens is 1. The van der Waals surface area contributed by atoms with Crippen molar-refractivity contribution in [2.75, 3.05) is 11.9 Å². The molecule has 4 nitrogen and oxygen atoms in total. The van der Waals surface area contributed by atoms with Gasteiger partial charge in [-0.3, -0.25) is 4.79 Å². The SMILES string of the molecule is CCCN1C(=O)c2ccccc2N[C@H]1c1cc(C)[nH]c1C. The van der Waals surface area contributed by atoms with Gasteiger partial charge in [0.2, 0.25) is 0 Å². The van der Waals surface area contributed by atoms with Crippen molar-refractivity contribution in [1.29, 1.82) is 0 Å². The maximum absolute atomic E-state index is 12.8. The molecule has 1 atom stereocenters. The number of benzene rings is 1. The van der Waals surface area contributed by atoms with Gasteiger partial charge < -0.3 is 15.2 Å². The molecule has 1 aromatic carbocycles. The number of nitrogens with zero attached hydrogens (tertiary/aromatic N) is 1. The molecule has 1 aliphatic rings. The Bertz CT molecular complexity index is 674. The Kier molecular flexibility index (Phi) is 3.45. The Morgan fingerprint density at radius 2 is 2.00 bits per heavy atom. The molecule has 4 heteroatoms. The number of hydrogen-bond acceptors (Lipinski definition) is 2. The number of anilines is 1. The molecule has 0 unspecified atom stereocenters. The number of carbonyl (C=O) groups is 1. The molecule has 0 bridgehead atoms. The molecule has 0 saturated carbocycles. The second kappa shape index (κ2) is 5.28. The van der Waals surface area contributed by atoms with Gasteiger partial charge in [-0.05, 0) is 38.5 Å². The van der Waals surface area contributed by atoms with Crippen LogP contribution in [0.3, 0.4) is 0 Å². The second-order valence-corrected chi connectivity index (χ2v) is 5.62. The lowest BCUT2D eigenvalue weighted by Crippen LogP contribution is -2.43. The summed E-state index contributed by atoms with van der Waals surface area (Å²) in [6.07, 6.45) is 0.839. The summed E-state index contributed by atoms with van der Waals surface area (Å²) in [5.74, 6) is 0.106. The summed E-state index contributed by atoms with van der Waals surface area (Å²) in [4.78, 5) is 18.0. The fraction of sp³-hybridized carbons (Fsp3) is 0.353. The summed E-state index contributed by atoms with van der Waals surface area (Å²) in [7, 11) is 0. The third-order valence-corrected chi connectivity index (χ3v) is 3.97. The van der Waals surface area contributed by atoms with Gasteiger partial charge in [-0.25, -0.2) is 0 Å². The van der Waals surface area contributed by atoms with E-state index in [0.29, 0.717) is 0 Å². The highest BCUT2D eigenvalue weighted by atomic mass is 16.2. The zero-order valence-electron chi connectivity index (χ0n) is 12.7. The van der Waals surface area contributed by atoms with Gasteiger partial charge >= 0.3 is 0 Å². The Morgan fingerprint density at radius 1 is 1.24 bits per heavy atom. The van der Waals surface area contributed by atoms with E-state index >= 15 is 0 Å². The van der Waals surface area contributed by atoms with Crippen molar-refractivity contribution in [3.8, 4) is 0 Å². The van der Waals surface area contributed by atoms with Gasteiger partial charge in [-0.15, -0.1) is 0 Å². The number of amides is 1. The third-order valence-electron chi connectivity index (χ3n) is 3.97. The van der Waals surface area contributed by atoms with Crippen LogP contribution in [0.15, 0.2) is 30.3 Å². The van der Waals surface area contributed by atoms with E-state index < -0.39 is 0 Å². The topological polar surface area (TPSA) is 48.1 Å². The smallest absolute Gasteiger partial charge is 0.257 e. The van der Waals surface area contributed by atoms with E-state index in [-0.39, 0.29) is 12.1 Å². The molecule has 1 aliphatic heterocycles. The predicted octanol–water partition coefficient (Wildman–Crippen LogP) is 3.61. The lowest BCUT2D eigenvalue weighted by atomic mass is 10.0. The largest absolute Gasteiger partial charge is 0.362 e. The van der Waals surface area contributed by atoms with Gasteiger partial charge in [-0.2, -0.15) is 0 Å². The average Bonchev–Trinajstić information content (AvgIpc) is 2.81. The molecule has 0 fully saturated rings. The Balaban J connectivity index is 2.07. The minimum absolute atomic E-state index is 0.0997. The maximum atomic E-state index is 12.8. The number of aromatic nitrogens is 1. The molecule has 1 amide bonds. The molecular weight excluding hydrogens is 262 g/mol. The molecule has 2 heterocycles. The van der Waals surface area contributed by atoms with Gasteiger partial charge in [0, 0.05) is 29.2 Å². The molecule has 0 saturated heterocycles. The Morgan fingerprint density at radius 3 is 2.67 bits per heavy atom. The van der Waals surface area contributed by atoms with E-state index in [4.69, 9.17) is 0 Å². The Labute approximate surface area is 125 Å². The van der Waals surface area contributed by atoms with Crippen LogP contribution < -0.4 is 5.32 Å². The van der Waals surface area contributed by atoms with Gasteiger partial charge in [0.1, 0.15) is 6.17 Å². The highest BCUT2D eigenvalue weighted by Crippen LogP contribution is 2.34. The second-order valence-electron chi connectivity index (χ2n) is 5.62. The lowest BCUT2D eigenvalue weighted by Gasteiger charge is -2.38. The summed E-state index contributed by atoms with van der Waals surface area (Å²) < 4.78 is 0. The summed E-state index contributed by atoms with van der Waals surface area (Å²) in [6, 6.07) is 9.85. The van der Waals surface area contributed by atoms with Crippen molar-refractivity contribution in [3.05, 3.63) is 52.8 Å². The van der Waals surface area contributed by atoms with E-state index in [1.807, 2.05) is 36.1 Å². The van der Waals surface area contributed by atoms with Crippen LogP contribution in [0.5, 0.6) is 0 Å². The molecule has 0 aliphatic carbocycles. The zero-order chi connectivity index (χ0) is 15.0. The fourth-order valence-corrected chi connectivity index (χ4v) is 3.04. The van der Waals surface area contributed by atoms with E-state index in [9.17, 15) is 4.79 Å². The molecule has 2 N–H and O–H groups in total. The first kappa shape index (κ1) is 13.7. The van der Waals surface area contributed by atoms with Crippen molar-refractivity contribution >= 4 is 11.6 Å². The van der Waals surface area contributed by atoms with E-state index in [1.165, 1.54) is 0 Å². The van der Waals surface area contributed by atoms with Crippen LogP contribution in [0.2, 0.25) is 0 Å². The predicted molar refractivity (Wildman–Crippen MR) is 84.4 cm³/mol. The van der Waals surface area contributed by atoms with Crippen molar-refractivity contribution < 1.29 is 4.79 Å². The third kappa shape index (κ3) is 2.31. The van der Waals surface area contributed by atoms with Crippen LogP contribution in [0.1, 0.15) is 46.8 Å². The van der Waals surface area contributed by atoms with Gasteiger partial charge in [0.15, 0.2) is 0 Å². The maximum Gasteiger partial charge on any atom is 0.257 e. The number of para-hydroxylation sites is 1. The van der Waals surface area contributed by atoms with Crippen molar-refractivity contribution in [2.45, 2.75) is 33.4 Å². The number of aromatic amines is 1. The van der Waals surface area contributed by atoms with Gasteiger partial charge in [0.25, 0.3) is 5.91 Å². The molecule has 0 spiro atoms. The van der Waals surface area contributed by atoms with E-state index in [2.05, 4.69) is 30.2 Å². The summed E-state index contributed by atoms with van der Waals surface area (Å²) in [5.41, 5.74) is 5.04. The monoisotopic (exact) mass is 283 g/mol. The molecule has 110 valence electrons. The lowest BCUT2D eigenvalue weighted by molar-refractivity contribution is 0.0683. The molecule has 1 aromatic heterocycles. The van der Waals surface area contributed by atoms with Crippen LogP contribution in [-0.2, 0) is 0 Å². The van der Waals surface area contributed by atoms with Gasteiger partial charge in [-0.1, -0.05) is 19.1 Å². The minimum Gasteiger partial charge on any atom is -0.362 e. The molecule has 2 aromatic rings. The summed E-state index contributed by atoms with van der Waals surface area (Å²) in [6.45, 7) is 6.94. The number of hydrogen-bond donors (Lipinski definition) is 2. The minimum atomic E-state index is -0.0997. The van der Waals surface area contributed by atoms with Crippen molar-refractivity contribution in [2.24, 2.45) is 0 Å². The standard InChI is InChI=1S/C17H21N3O/c1-4-9-20-16(14-10-11(2)18-12(14)3)19-15-8-6-5-7-13(15)17(20)21/h5-8,10,16,18-19H,4,9H2,1-3H3/t16-/m1/s1. The van der Waals surface area contributed by atoms with E-state index in [1.54, 1.807) is 0 Å². The number of nitrogens with one attached hydrogen (secondary N) is 2. The fourth-order valence-electron chi connectivity index (χ4n) is 3.04. The van der Waals surface area contributed by atoms with Crippen molar-refractivity contribution in [3.63, 3.8) is 0 Å². The van der Waals surface area contributed by atoms with Crippen LogP contribution in [-0.4, -0.2) is 22.3 Å². The summed E-state index contributed by atoms with van der Waals surface area (Å²) >= 11 is 0. The van der Waals surface area contributed by atoms with E-state index in [0.717, 1.165) is 41.2 Å². The summed E-state index contributed by atoms with van der Waals surface area (Å²) in [5, 5.41) is 3.52. The Hall–Kier alpha value is -2.23. The molecule has 21 heavy (non-hydrogen) atoms. The number of aryl methyl sites for hydroxylation is 2. The highest BCUT2D eigenvalue weighted by molar-refractivity contribution is 6.01. The number of rotatable bonds is 3.